The summed E-state index contributed by atoms with van der Waals surface area (Å²) in [6.07, 6.45) is 2.02. The zero-order valence-electron chi connectivity index (χ0n) is 17.5. The van der Waals surface area contributed by atoms with E-state index < -0.39 is 12.0 Å². The van der Waals surface area contributed by atoms with Crippen LogP contribution in [0.5, 0.6) is 0 Å². The van der Waals surface area contributed by atoms with Crippen molar-refractivity contribution in [3.05, 3.63) is 53.9 Å². The van der Waals surface area contributed by atoms with Crippen molar-refractivity contribution < 1.29 is 19.5 Å². The minimum atomic E-state index is -1.16. The van der Waals surface area contributed by atoms with Crippen LogP contribution in [0.1, 0.15) is 27.1 Å². The second kappa shape index (κ2) is 10.4. The van der Waals surface area contributed by atoms with Crippen LogP contribution in [0.15, 0.2) is 42.7 Å². The van der Waals surface area contributed by atoms with Crippen molar-refractivity contribution in [1.29, 1.82) is 0 Å². The smallest absolute Gasteiger partial charge is 0.257 e. The zero-order chi connectivity index (χ0) is 22.3. The van der Waals surface area contributed by atoms with Crippen LogP contribution in [0.4, 0.5) is 11.4 Å². The Labute approximate surface area is 175 Å². The molecule has 2 rings (SSSR count). The van der Waals surface area contributed by atoms with Gasteiger partial charge in [0, 0.05) is 58.4 Å². The van der Waals surface area contributed by atoms with Gasteiger partial charge in [-0.15, -0.1) is 0 Å². The Hall–Kier alpha value is -3.46. The molecule has 9 heteroatoms. The average Bonchev–Trinajstić information content (AvgIpc) is 2.72. The summed E-state index contributed by atoms with van der Waals surface area (Å²) in [6, 6.07) is 8.49. The topological polar surface area (TPSA) is 115 Å². The predicted octanol–water partition coefficient (Wildman–Crippen LogP) is 1.10. The van der Waals surface area contributed by atoms with E-state index in [1.807, 2.05) is 0 Å². The van der Waals surface area contributed by atoms with Gasteiger partial charge in [-0.3, -0.25) is 19.4 Å². The molecule has 3 N–H and O–H groups in total. The summed E-state index contributed by atoms with van der Waals surface area (Å²) in [4.78, 5) is 43.2. The maximum absolute atomic E-state index is 12.4. The van der Waals surface area contributed by atoms with Crippen molar-refractivity contribution in [3.63, 3.8) is 0 Å². The molecular weight excluding hydrogens is 386 g/mol. The van der Waals surface area contributed by atoms with Crippen molar-refractivity contribution >= 4 is 29.1 Å². The lowest BCUT2D eigenvalue weighted by Gasteiger charge is -2.16. The van der Waals surface area contributed by atoms with E-state index in [4.69, 9.17) is 0 Å². The Morgan fingerprint density at radius 1 is 1.10 bits per heavy atom. The maximum atomic E-state index is 12.4. The van der Waals surface area contributed by atoms with E-state index in [0.717, 1.165) is 0 Å². The summed E-state index contributed by atoms with van der Waals surface area (Å²) < 4.78 is 0. The number of hydrogen-bond acceptors (Lipinski definition) is 6. The molecule has 0 aliphatic rings. The maximum Gasteiger partial charge on any atom is 0.257 e. The Bertz CT molecular complexity index is 914. The fourth-order valence-corrected chi connectivity index (χ4v) is 2.65. The highest BCUT2D eigenvalue weighted by Crippen LogP contribution is 2.22. The van der Waals surface area contributed by atoms with Gasteiger partial charge in [0.2, 0.25) is 0 Å². The van der Waals surface area contributed by atoms with Crippen molar-refractivity contribution in [2.45, 2.75) is 12.5 Å². The highest BCUT2D eigenvalue weighted by molar-refractivity contribution is 6.00. The van der Waals surface area contributed by atoms with Crippen LogP contribution in [0.3, 0.4) is 0 Å². The first kappa shape index (κ1) is 22.8. The van der Waals surface area contributed by atoms with Gasteiger partial charge in [0.05, 0.1) is 11.3 Å². The van der Waals surface area contributed by atoms with Gasteiger partial charge >= 0.3 is 0 Å². The molecule has 0 spiro atoms. The van der Waals surface area contributed by atoms with E-state index >= 15 is 0 Å². The van der Waals surface area contributed by atoms with E-state index in [9.17, 15) is 19.5 Å². The number of nitrogens with one attached hydrogen (secondary N) is 2. The van der Waals surface area contributed by atoms with Gasteiger partial charge in [0.15, 0.2) is 0 Å². The normalized spacial score (nSPS) is 11.4. The predicted molar refractivity (Wildman–Crippen MR) is 114 cm³/mol. The summed E-state index contributed by atoms with van der Waals surface area (Å²) in [5.74, 6) is -0.927. The third-order valence-corrected chi connectivity index (χ3v) is 4.29. The van der Waals surface area contributed by atoms with Gasteiger partial charge in [0.1, 0.15) is 6.10 Å². The van der Waals surface area contributed by atoms with Crippen LogP contribution in [0, 0.1) is 0 Å². The fraction of sp³-hybridized carbons (Fsp3) is 0.333. The molecule has 9 nitrogen and oxygen atoms in total. The van der Waals surface area contributed by atoms with E-state index in [2.05, 4.69) is 15.6 Å². The third kappa shape index (κ3) is 6.02. The van der Waals surface area contributed by atoms with Crippen LogP contribution in [-0.2, 0) is 4.79 Å². The number of rotatable bonds is 8. The molecule has 1 aromatic heterocycles. The minimum absolute atomic E-state index is 0.119. The molecule has 2 aromatic rings. The van der Waals surface area contributed by atoms with Gasteiger partial charge in [-0.25, -0.2) is 0 Å². The number of likely N-dealkylation sites (N-methyl/N-ethyl adjacent to an activating group) is 1. The largest absolute Gasteiger partial charge is 0.383 e. The molecule has 1 heterocycles. The number of pyridine rings is 1. The lowest BCUT2D eigenvalue weighted by Crippen LogP contribution is -2.36. The number of anilines is 2. The molecule has 0 aliphatic carbocycles. The molecule has 0 unspecified atom stereocenters. The van der Waals surface area contributed by atoms with Crippen molar-refractivity contribution in [3.8, 4) is 0 Å². The van der Waals surface area contributed by atoms with Crippen molar-refractivity contribution in [1.82, 2.24) is 20.1 Å². The Balaban J connectivity index is 2.04. The molecular formula is C21H27N5O4. The number of aliphatic hydroxyl groups excluding tert-OH is 1. The van der Waals surface area contributed by atoms with E-state index in [0.29, 0.717) is 22.5 Å². The van der Waals surface area contributed by atoms with Crippen LogP contribution < -0.4 is 10.6 Å². The second-order valence-electron chi connectivity index (χ2n) is 7.12. The second-order valence-corrected chi connectivity index (χ2v) is 7.12. The number of aromatic nitrogens is 1. The molecule has 0 radical (unpaired) electrons. The van der Waals surface area contributed by atoms with Crippen LogP contribution >= 0.6 is 0 Å². The number of carbonyl (C=O) groups is 3. The highest BCUT2D eigenvalue weighted by atomic mass is 16.3. The molecule has 0 fully saturated rings. The molecule has 0 saturated heterocycles. The van der Waals surface area contributed by atoms with Gasteiger partial charge in [-0.2, -0.15) is 0 Å². The summed E-state index contributed by atoms with van der Waals surface area (Å²) in [5, 5.41) is 15.6. The van der Waals surface area contributed by atoms with Crippen molar-refractivity contribution in [2.75, 3.05) is 40.1 Å². The first-order valence-electron chi connectivity index (χ1n) is 9.41. The standard InChI is InChI=1S/C21H27N5O4/c1-25(2)20(29)16-13-22-10-8-17(16)24-15-7-5-6-14(12-15)19(28)23-11-9-18(27)21(30)26(3)4/h5-8,10,12-13,18,27H,9,11H2,1-4H3,(H,22,24)(H,23,28)/t18-/m0/s1. The number of nitrogens with zero attached hydrogens (tertiary/aromatic N) is 3. The van der Waals surface area contributed by atoms with Gasteiger partial charge in [0.25, 0.3) is 17.7 Å². The molecule has 0 aliphatic heterocycles. The number of carbonyl (C=O) groups excluding carboxylic acids is 3. The lowest BCUT2D eigenvalue weighted by molar-refractivity contribution is -0.137. The Kier molecular flexibility index (Phi) is 7.88. The average molecular weight is 413 g/mol. The third-order valence-electron chi connectivity index (χ3n) is 4.29. The minimum Gasteiger partial charge on any atom is -0.383 e. The van der Waals surface area contributed by atoms with Crippen LogP contribution in [0.25, 0.3) is 0 Å². The quantitative estimate of drug-likeness (QED) is 0.597. The molecule has 0 bridgehead atoms. The summed E-state index contributed by atoms with van der Waals surface area (Å²) in [7, 11) is 6.44. The van der Waals surface area contributed by atoms with Gasteiger partial charge in [-0.05, 0) is 30.7 Å². The zero-order valence-corrected chi connectivity index (χ0v) is 17.5. The Morgan fingerprint density at radius 3 is 2.50 bits per heavy atom. The van der Waals surface area contributed by atoms with Crippen molar-refractivity contribution in [2.24, 2.45) is 0 Å². The molecule has 1 atom stereocenters. The number of hydrogen-bond donors (Lipinski definition) is 3. The summed E-state index contributed by atoms with van der Waals surface area (Å²) in [5.41, 5.74) is 2.02. The molecule has 3 amide bonds. The molecule has 1 aromatic carbocycles. The number of aliphatic hydroxyl groups is 1. The number of amides is 3. The summed E-state index contributed by atoms with van der Waals surface area (Å²) >= 11 is 0. The van der Waals surface area contributed by atoms with E-state index in [-0.39, 0.29) is 24.8 Å². The number of benzene rings is 1. The van der Waals surface area contributed by atoms with Gasteiger partial charge in [-0.1, -0.05) is 6.07 Å². The first-order valence-corrected chi connectivity index (χ1v) is 9.41. The van der Waals surface area contributed by atoms with Crippen LogP contribution in [-0.4, -0.2) is 78.5 Å². The van der Waals surface area contributed by atoms with Gasteiger partial charge < -0.3 is 25.5 Å². The molecule has 160 valence electrons. The first-order chi connectivity index (χ1) is 14.2. The summed E-state index contributed by atoms with van der Waals surface area (Å²) in [6.45, 7) is 0.156. The monoisotopic (exact) mass is 413 g/mol. The fourth-order valence-electron chi connectivity index (χ4n) is 2.65. The van der Waals surface area contributed by atoms with E-state index in [1.165, 1.54) is 16.0 Å². The Morgan fingerprint density at radius 2 is 1.83 bits per heavy atom. The molecule has 30 heavy (non-hydrogen) atoms. The molecule has 0 saturated carbocycles. The lowest BCUT2D eigenvalue weighted by atomic mass is 10.1. The van der Waals surface area contributed by atoms with Crippen LogP contribution in [0.2, 0.25) is 0 Å². The highest BCUT2D eigenvalue weighted by Gasteiger charge is 2.17. The van der Waals surface area contributed by atoms with E-state index in [1.54, 1.807) is 64.7 Å². The SMILES string of the molecule is CN(C)C(=O)c1cnccc1Nc1cccc(C(=O)NCC[C@H](O)C(=O)N(C)C)c1.